The van der Waals surface area contributed by atoms with E-state index in [1.165, 1.54) is 5.56 Å². The molecule has 0 bridgehead atoms. The number of benzene rings is 2. The van der Waals surface area contributed by atoms with Gasteiger partial charge in [-0.25, -0.2) is 5.01 Å². The number of fused-ring (bicyclic) bond motifs is 1. The second-order valence-electron chi connectivity index (χ2n) is 6.48. The van der Waals surface area contributed by atoms with Crippen LogP contribution in [-0.2, 0) is 4.79 Å². The first-order chi connectivity index (χ1) is 12.7. The highest BCUT2D eigenvalue weighted by Gasteiger charge is 2.32. The first-order valence-electron chi connectivity index (χ1n) is 8.83. The van der Waals surface area contributed by atoms with E-state index in [2.05, 4.69) is 29.0 Å². The van der Waals surface area contributed by atoms with Gasteiger partial charge in [0.2, 0.25) is 5.91 Å². The number of carbonyl (C=O) groups is 1. The van der Waals surface area contributed by atoms with E-state index < -0.39 is 0 Å². The third-order valence-electron chi connectivity index (χ3n) is 4.80. The summed E-state index contributed by atoms with van der Waals surface area (Å²) in [4.78, 5) is 21.2. The number of aryl methyl sites for hydroxylation is 1. The fraction of sp³-hybridized carbons (Fsp3) is 0.238. The zero-order valence-electron chi connectivity index (χ0n) is 14.9. The van der Waals surface area contributed by atoms with Gasteiger partial charge in [0.25, 0.3) is 0 Å². The SMILES string of the molecule is CCC(=O)N1N=C(c2ccccc2C)C[C@H]1c1ccc2nccnc2c1. The van der Waals surface area contributed by atoms with Gasteiger partial charge in [-0.15, -0.1) is 0 Å². The number of hydrogen-bond acceptors (Lipinski definition) is 4. The topological polar surface area (TPSA) is 58.5 Å². The van der Waals surface area contributed by atoms with Crippen molar-refractivity contribution >= 4 is 22.7 Å². The van der Waals surface area contributed by atoms with Crippen LogP contribution in [0.1, 0.15) is 42.5 Å². The molecule has 3 aromatic rings. The van der Waals surface area contributed by atoms with Gasteiger partial charge in [-0.3, -0.25) is 14.8 Å². The highest BCUT2D eigenvalue weighted by atomic mass is 16.2. The van der Waals surface area contributed by atoms with Crippen LogP contribution in [0.5, 0.6) is 0 Å². The molecule has 26 heavy (non-hydrogen) atoms. The van der Waals surface area contributed by atoms with Crippen molar-refractivity contribution in [3.8, 4) is 0 Å². The smallest absolute Gasteiger partial charge is 0.242 e. The highest BCUT2D eigenvalue weighted by Crippen LogP contribution is 2.34. The molecule has 0 saturated heterocycles. The van der Waals surface area contributed by atoms with Crippen molar-refractivity contribution in [2.75, 3.05) is 0 Å². The average molecular weight is 344 g/mol. The zero-order valence-corrected chi connectivity index (χ0v) is 14.9. The summed E-state index contributed by atoms with van der Waals surface area (Å²) in [6, 6.07) is 14.0. The normalized spacial score (nSPS) is 16.8. The Morgan fingerprint density at radius 3 is 2.65 bits per heavy atom. The van der Waals surface area contributed by atoms with Crippen LogP contribution in [0.4, 0.5) is 0 Å². The molecule has 0 aliphatic carbocycles. The number of carbonyl (C=O) groups excluding carboxylic acids is 1. The Morgan fingerprint density at radius 1 is 1.12 bits per heavy atom. The molecule has 1 amide bonds. The van der Waals surface area contributed by atoms with Gasteiger partial charge in [0.15, 0.2) is 0 Å². The van der Waals surface area contributed by atoms with Crippen molar-refractivity contribution < 1.29 is 4.79 Å². The largest absolute Gasteiger partial charge is 0.273 e. The molecular formula is C21H20N4O. The molecular weight excluding hydrogens is 324 g/mol. The molecule has 0 spiro atoms. The van der Waals surface area contributed by atoms with Gasteiger partial charge in [0, 0.05) is 30.8 Å². The molecule has 0 N–H and O–H groups in total. The van der Waals surface area contributed by atoms with Gasteiger partial charge in [-0.1, -0.05) is 37.3 Å². The van der Waals surface area contributed by atoms with Crippen molar-refractivity contribution in [3.63, 3.8) is 0 Å². The van der Waals surface area contributed by atoms with Crippen molar-refractivity contribution in [1.82, 2.24) is 15.0 Å². The van der Waals surface area contributed by atoms with Crippen LogP contribution in [0.3, 0.4) is 0 Å². The molecule has 1 atom stereocenters. The van der Waals surface area contributed by atoms with Crippen molar-refractivity contribution in [3.05, 3.63) is 71.5 Å². The van der Waals surface area contributed by atoms with Gasteiger partial charge in [0.1, 0.15) is 0 Å². The Kier molecular flexibility index (Phi) is 4.21. The Hall–Kier alpha value is -3.08. The number of amides is 1. The predicted molar refractivity (Wildman–Crippen MR) is 102 cm³/mol. The lowest BCUT2D eigenvalue weighted by molar-refractivity contribution is -0.132. The lowest BCUT2D eigenvalue weighted by Crippen LogP contribution is -2.26. The monoisotopic (exact) mass is 344 g/mol. The summed E-state index contributed by atoms with van der Waals surface area (Å²) in [5.41, 5.74) is 5.94. The molecule has 5 nitrogen and oxygen atoms in total. The Morgan fingerprint density at radius 2 is 1.88 bits per heavy atom. The first-order valence-corrected chi connectivity index (χ1v) is 8.83. The van der Waals surface area contributed by atoms with Crippen LogP contribution in [0, 0.1) is 6.92 Å². The average Bonchev–Trinajstić information content (AvgIpc) is 3.12. The highest BCUT2D eigenvalue weighted by molar-refractivity contribution is 6.04. The molecule has 0 saturated carbocycles. The molecule has 4 rings (SSSR count). The zero-order chi connectivity index (χ0) is 18.1. The van der Waals surface area contributed by atoms with Crippen LogP contribution in [0.15, 0.2) is 60.0 Å². The Balaban J connectivity index is 1.75. The number of aromatic nitrogens is 2. The van der Waals surface area contributed by atoms with E-state index in [0.717, 1.165) is 27.9 Å². The van der Waals surface area contributed by atoms with E-state index >= 15 is 0 Å². The molecule has 1 aliphatic rings. The van der Waals surface area contributed by atoms with Crippen molar-refractivity contribution in [1.29, 1.82) is 0 Å². The molecule has 130 valence electrons. The molecule has 1 aliphatic heterocycles. The summed E-state index contributed by atoms with van der Waals surface area (Å²) in [6.07, 6.45) is 4.49. The summed E-state index contributed by atoms with van der Waals surface area (Å²) in [6.45, 7) is 3.94. The molecule has 2 heterocycles. The molecule has 5 heteroatoms. The Labute approximate surface area is 152 Å². The van der Waals surface area contributed by atoms with E-state index in [1.807, 2.05) is 37.3 Å². The third-order valence-corrected chi connectivity index (χ3v) is 4.80. The van der Waals surface area contributed by atoms with E-state index in [1.54, 1.807) is 17.4 Å². The quantitative estimate of drug-likeness (QED) is 0.721. The fourth-order valence-electron chi connectivity index (χ4n) is 3.41. The maximum absolute atomic E-state index is 12.5. The molecule has 0 fully saturated rings. The fourth-order valence-corrected chi connectivity index (χ4v) is 3.41. The van der Waals surface area contributed by atoms with Gasteiger partial charge in [-0.2, -0.15) is 5.10 Å². The minimum Gasteiger partial charge on any atom is -0.273 e. The minimum atomic E-state index is -0.108. The summed E-state index contributed by atoms with van der Waals surface area (Å²) in [5, 5.41) is 6.33. The lowest BCUT2D eigenvalue weighted by atomic mass is 9.96. The van der Waals surface area contributed by atoms with Gasteiger partial charge in [0.05, 0.1) is 22.8 Å². The molecule has 2 aromatic carbocycles. The van der Waals surface area contributed by atoms with Crippen molar-refractivity contribution in [2.45, 2.75) is 32.7 Å². The predicted octanol–water partition coefficient (Wildman–Crippen LogP) is 4.03. The minimum absolute atomic E-state index is 0.0258. The molecule has 0 unspecified atom stereocenters. The van der Waals surface area contributed by atoms with Gasteiger partial charge >= 0.3 is 0 Å². The second kappa shape index (κ2) is 6.67. The maximum atomic E-state index is 12.5. The lowest BCUT2D eigenvalue weighted by Gasteiger charge is -2.21. The van der Waals surface area contributed by atoms with Crippen LogP contribution < -0.4 is 0 Å². The van der Waals surface area contributed by atoms with E-state index in [4.69, 9.17) is 5.10 Å². The summed E-state index contributed by atoms with van der Waals surface area (Å²) in [7, 11) is 0. The van der Waals surface area contributed by atoms with Crippen LogP contribution in [-0.4, -0.2) is 26.6 Å². The standard InChI is InChI=1S/C21H20N4O/c1-3-21(26)25-20(13-18(24-25)16-7-5-4-6-14(16)2)15-8-9-17-19(12-15)23-11-10-22-17/h4-12,20H,3,13H2,1-2H3/t20-/m0/s1. The second-order valence-corrected chi connectivity index (χ2v) is 6.48. The molecule has 0 radical (unpaired) electrons. The number of hydrogen-bond donors (Lipinski definition) is 0. The van der Waals surface area contributed by atoms with Gasteiger partial charge < -0.3 is 0 Å². The first kappa shape index (κ1) is 16.4. The van der Waals surface area contributed by atoms with E-state index in [9.17, 15) is 4.79 Å². The number of rotatable bonds is 3. The van der Waals surface area contributed by atoms with Gasteiger partial charge in [-0.05, 0) is 30.2 Å². The molecule has 1 aromatic heterocycles. The van der Waals surface area contributed by atoms with E-state index in [0.29, 0.717) is 12.8 Å². The summed E-state index contributed by atoms with van der Waals surface area (Å²) >= 11 is 0. The summed E-state index contributed by atoms with van der Waals surface area (Å²) in [5.74, 6) is 0.0258. The van der Waals surface area contributed by atoms with Crippen LogP contribution >= 0.6 is 0 Å². The Bertz CT molecular complexity index is 1010. The van der Waals surface area contributed by atoms with Crippen LogP contribution in [0.2, 0.25) is 0 Å². The maximum Gasteiger partial charge on any atom is 0.242 e. The number of hydrazone groups is 1. The van der Waals surface area contributed by atoms with E-state index in [-0.39, 0.29) is 11.9 Å². The van der Waals surface area contributed by atoms with Crippen molar-refractivity contribution in [2.24, 2.45) is 5.10 Å². The number of nitrogens with zero attached hydrogens (tertiary/aromatic N) is 4. The summed E-state index contributed by atoms with van der Waals surface area (Å²) < 4.78 is 0. The third kappa shape index (κ3) is 2.86. The van der Waals surface area contributed by atoms with Crippen LogP contribution in [0.25, 0.3) is 11.0 Å².